The first-order chi connectivity index (χ1) is 9.85. The molecule has 0 aliphatic rings. The summed E-state index contributed by atoms with van der Waals surface area (Å²) in [5, 5.41) is 22.4. The molecule has 0 radical (unpaired) electrons. The van der Waals surface area contributed by atoms with Crippen molar-refractivity contribution >= 4 is 35.1 Å². The van der Waals surface area contributed by atoms with Crippen LogP contribution < -0.4 is 16.1 Å². The number of thiophene rings is 1. The van der Waals surface area contributed by atoms with E-state index in [1.54, 1.807) is 0 Å². The van der Waals surface area contributed by atoms with Crippen LogP contribution in [0.15, 0.2) is 11.4 Å². The number of amides is 2. The highest BCUT2D eigenvalue weighted by atomic mass is 32.1. The Bertz CT molecular complexity index is 571. The van der Waals surface area contributed by atoms with E-state index in [0.717, 1.165) is 11.3 Å². The molecule has 0 aliphatic carbocycles. The van der Waals surface area contributed by atoms with Crippen LogP contribution in [0.4, 0.5) is 4.79 Å². The van der Waals surface area contributed by atoms with Crippen molar-refractivity contribution in [1.29, 1.82) is 5.41 Å². The average Bonchev–Trinajstić information content (AvgIpc) is 2.90. The van der Waals surface area contributed by atoms with Crippen LogP contribution in [0, 0.1) is 5.41 Å². The SMILES string of the molecule is CNC(=O)C(NC(=O)O)c1cc(C(=N)NOC(C)=O)cs1. The summed E-state index contributed by atoms with van der Waals surface area (Å²) in [6.07, 6.45) is -1.34. The lowest BCUT2D eigenvalue weighted by molar-refractivity contribution is -0.145. The van der Waals surface area contributed by atoms with Crippen molar-refractivity contribution in [3.05, 3.63) is 21.9 Å². The van der Waals surface area contributed by atoms with Gasteiger partial charge in [0, 0.05) is 29.8 Å². The van der Waals surface area contributed by atoms with Gasteiger partial charge in [-0.2, -0.15) is 0 Å². The predicted molar refractivity (Wildman–Crippen MR) is 74.0 cm³/mol. The maximum Gasteiger partial charge on any atom is 0.405 e. The zero-order chi connectivity index (χ0) is 16.0. The van der Waals surface area contributed by atoms with E-state index in [9.17, 15) is 14.4 Å². The van der Waals surface area contributed by atoms with E-state index in [0.29, 0.717) is 10.4 Å². The minimum Gasteiger partial charge on any atom is -0.465 e. The first kappa shape index (κ1) is 16.4. The van der Waals surface area contributed by atoms with Gasteiger partial charge in [0.2, 0.25) is 5.91 Å². The number of hydrogen-bond acceptors (Lipinski definition) is 6. The van der Waals surface area contributed by atoms with Gasteiger partial charge >= 0.3 is 12.1 Å². The van der Waals surface area contributed by atoms with E-state index >= 15 is 0 Å². The topological polar surface area (TPSA) is 141 Å². The number of amidine groups is 1. The Labute approximate surface area is 123 Å². The van der Waals surface area contributed by atoms with Gasteiger partial charge in [-0.3, -0.25) is 15.0 Å². The van der Waals surface area contributed by atoms with Crippen LogP contribution >= 0.6 is 11.3 Å². The van der Waals surface area contributed by atoms with Crippen LogP contribution in [0.2, 0.25) is 0 Å². The standard InChI is InChI=1S/C11H14N4O5S/c1-5(16)20-15-9(12)6-3-7(21-4-6)8(10(17)13-2)14-11(18)19/h3-4,8,14H,1-2H3,(H2,12,15)(H,13,17)(H,18,19). The Hall–Kier alpha value is -2.62. The Morgan fingerprint density at radius 3 is 2.62 bits per heavy atom. The number of carbonyl (C=O) groups is 3. The van der Waals surface area contributed by atoms with Gasteiger partial charge in [-0.25, -0.2) is 10.3 Å². The molecule has 0 fully saturated rings. The molecule has 1 aromatic rings. The highest BCUT2D eigenvalue weighted by Crippen LogP contribution is 2.22. The third-order valence-corrected chi connectivity index (χ3v) is 3.26. The lowest BCUT2D eigenvalue weighted by atomic mass is 10.2. The monoisotopic (exact) mass is 314 g/mol. The van der Waals surface area contributed by atoms with Gasteiger partial charge in [0.1, 0.15) is 6.04 Å². The van der Waals surface area contributed by atoms with Gasteiger partial charge in [-0.15, -0.1) is 11.3 Å². The van der Waals surface area contributed by atoms with Crippen molar-refractivity contribution < 1.29 is 24.3 Å². The molecule has 9 nitrogen and oxygen atoms in total. The fourth-order valence-corrected chi connectivity index (χ4v) is 2.30. The van der Waals surface area contributed by atoms with Gasteiger partial charge in [-0.05, 0) is 6.07 Å². The summed E-state index contributed by atoms with van der Waals surface area (Å²) in [7, 11) is 1.39. The molecule has 1 aromatic heterocycles. The van der Waals surface area contributed by atoms with Gasteiger partial charge in [-0.1, -0.05) is 0 Å². The lowest BCUT2D eigenvalue weighted by Crippen LogP contribution is -2.37. The highest BCUT2D eigenvalue weighted by molar-refractivity contribution is 7.10. The summed E-state index contributed by atoms with van der Waals surface area (Å²) in [6.45, 7) is 1.18. The summed E-state index contributed by atoms with van der Waals surface area (Å²) in [4.78, 5) is 37.9. The molecule has 21 heavy (non-hydrogen) atoms. The van der Waals surface area contributed by atoms with Gasteiger partial charge in [0.15, 0.2) is 5.84 Å². The molecule has 1 atom stereocenters. The Kier molecular flexibility index (Phi) is 5.67. The molecule has 0 aromatic carbocycles. The van der Waals surface area contributed by atoms with Crippen molar-refractivity contribution in [2.75, 3.05) is 7.05 Å². The molecular formula is C11H14N4O5S. The van der Waals surface area contributed by atoms with E-state index in [2.05, 4.69) is 21.0 Å². The zero-order valence-corrected chi connectivity index (χ0v) is 12.0. The number of likely N-dealkylation sites (N-methyl/N-ethyl adjacent to an activating group) is 1. The molecule has 1 heterocycles. The van der Waals surface area contributed by atoms with Gasteiger partial charge in [0.05, 0.1) is 0 Å². The van der Waals surface area contributed by atoms with Crippen LogP contribution in [-0.2, 0) is 14.4 Å². The Morgan fingerprint density at radius 1 is 1.43 bits per heavy atom. The third-order valence-electron chi connectivity index (χ3n) is 2.27. The molecule has 0 saturated heterocycles. The molecule has 5 N–H and O–H groups in total. The lowest BCUT2D eigenvalue weighted by Gasteiger charge is -2.13. The minimum absolute atomic E-state index is 0.182. The number of carboxylic acid groups (broad SMARTS) is 1. The van der Waals surface area contributed by atoms with E-state index < -0.39 is 24.0 Å². The molecule has 0 saturated carbocycles. The molecule has 0 spiro atoms. The number of rotatable bonds is 4. The van der Waals surface area contributed by atoms with Crippen molar-refractivity contribution in [3.8, 4) is 0 Å². The predicted octanol–water partition coefficient (Wildman–Crippen LogP) is 0.196. The highest BCUT2D eigenvalue weighted by Gasteiger charge is 2.23. The smallest absolute Gasteiger partial charge is 0.405 e. The molecule has 114 valence electrons. The zero-order valence-electron chi connectivity index (χ0n) is 11.2. The van der Waals surface area contributed by atoms with Crippen LogP contribution in [0.3, 0.4) is 0 Å². The second-order valence-corrected chi connectivity index (χ2v) is 4.75. The summed E-state index contributed by atoms with van der Waals surface area (Å²) < 4.78 is 0. The molecule has 0 aliphatic heterocycles. The van der Waals surface area contributed by atoms with Crippen molar-refractivity contribution in [2.45, 2.75) is 13.0 Å². The van der Waals surface area contributed by atoms with Crippen molar-refractivity contribution in [2.24, 2.45) is 0 Å². The van der Waals surface area contributed by atoms with E-state index in [-0.39, 0.29) is 5.84 Å². The van der Waals surface area contributed by atoms with Crippen LogP contribution in [0.5, 0.6) is 0 Å². The van der Waals surface area contributed by atoms with Crippen LogP contribution in [0.25, 0.3) is 0 Å². The molecule has 1 unspecified atom stereocenters. The third kappa shape index (κ3) is 4.76. The van der Waals surface area contributed by atoms with Crippen molar-refractivity contribution in [3.63, 3.8) is 0 Å². The summed E-state index contributed by atoms with van der Waals surface area (Å²) >= 11 is 1.10. The number of nitrogens with one attached hydrogen (secondary N) is 4. The van der Waals surface area contributed by atoms with E-state index in [1.807, 2.05) is 0 Å². The Balaban J connectivity index is 2.87. The van der Waals surface area contributed by atoms with Crippen LogP contribution in [-0.4, -0.2) is 36.0 Å². The van der Waals surface area contributed by atoms with Gasteiger partial charge in [0.25, 0.3) is 0 Å². The number of hydrogen-bond donors (Lipinski definition) is 5. The molecule has 0 bridgehead atoms. The quantitative estimate of drug-likeness (QED) is 0.305. The first-order valence-electron chi connectivity index (χ1n) is 5.67. The van der Waals surface area contributed by atoms with E-state index in [4.69, 9.17) is 10.5 Å². The second kappa shape index (κ2) is 7.24. The molecule has 1 rings (SSSR count). The normalized spacial score (nSPS) is 11.1. The fourth-order valence-electron chi connectivity index (χ4n) is 1.35. The summed E-state index contributed by atoms with van der Waals surface area (Å²) in [6, 6.07) is 0.382. The summed E-state index contributed by atoms with van der Waals surface area (Å²) in [5.74, 6) is -1.31. The van der Waals surface area contributed by atoms with Gasteiger partial charge < -0.3 is 20.6 Å². The Morgan fingerprint density at radius 2 is 2.10 bits per heavy atom. The first-order valence-corrected chi connectivity index (χ1v) is 6.55. The minimum atomic E-state index is -1.34. The van der Waals surface area contributed by atoms with Crippen molar-refractivity contribution in [1.82, 2.24) is 16.1 Å². The largest absolute Gasteiger partial charge is 0.465 e. The fraction of sp³-hybridized carbons (Fsp3) is 0.273. The molecule has 2 amide bonds. The maximum atomic E-state index is 11.7. The average molecular weight is 314 g/mol. The van der Waals surface area contributed by atoms with E-state index in [1.165, 1.54) is 25.4 Å². The van der Waals surface area contributed by atoms with Crippen LogP contribution in [0.1, 0.15) is 23.4 Å². The maximum absolute atomic E-state index is 11.7. The molecule has 10 heteroatoms. The number of carbonyl (C=O) groups excluding carboxylic acids is 2. The second-order valence-electron chi connectivity index (χ2n) is 3.81. The summed E-state index contributed by atoms with van der Waals surface area (Å²) in [5.41, 5.74) is 2.50. The number of hydroxylamine groups is 1. The molecular weight excluding hydrogens is 300 g/mol.